The second kappa shape index (κ2) is 5.03. The summed E-state index contributed by atoms with van der Waals surface area (Å²) in [5, 5.41) is 3.12. The van der Waals surface area contributed by atoms with Crippen LogP contribution in [0.4, 0.5) is 8.78 Å². The van der Waals surface area contributed by atoms with E-state index in [1.165, 1.54) is 12.1 Å². The van der Waals surface area contributed by atoms with Crippen molar-refractivity contribution in [3.63, 3.8) is 0 Å². The van der Waals surface area contributed by atoms with E-state index in [2.05, 4.69) is 11.9 Å². The van der Waals surface area contributed by atoms with Crippen molar-refractivity contribution in [2.75, 3.05) is 6.54 Å². The topological polar surface area (TPSA) is 12.0 Å². The van der Waals surface area contributed by atoms with Gasteiger partial charge in [-0.15, -0.1) is 0 Å². The highest BCUT2D eigenvalue weighted by Gasteiger charge is 2.07. The highest BCUT2D eigenvalue weighted by molar-refractivity contribution is 5.21. The molecule has 1 atom stereocenters. The summed E-state index contributed by atoms with van der Waals surface area (Å²) in [6.45, 7) is 8.14. The quantitative estimate of drug-likeness (QED) is 0.754. The molecule has 1 aromatic carbocycles. The third kappa shape index (κ3) is 3.80. The predicted octanol–water partition coefficient (Wildman–Crippen LogP) is 3.19. The zero-order valence-electron chi connectivity index (χ0n) is 8.98. The lowest BCUT2D eigenvalue weighted by Crippen LogP contribution is -2.20. The van der Waals surface area contributed by atoms with E-state index in [0.29, 0.717) is 12.1 Å². The van der Waals surface area contributed by atoms with Gasteiger partial charge < -0.3 is 5.32 Å². The van der Waals surface area contributed by atoms with Gasteiger partial charge in [0.2, 0.25) is 0 Å². The van der Waals surface area contributed by atoms with Crippen molar-refractivity contribution in [3.05, 3.63) is 47.5 Å². The monoisotopic (exact) mass is 211 g/mol. The molecule has 0 aliphatic carbocycles. The number of hydrogen-bond acceptors (Lipinski definition) is 1. The number of nitrogens with one attached hydrogen (secondary N) is 1. The summed E-state index contributed by atoms with van der Waals surface area (Å²) in [5.41, 5.74) is 1.59. The molecule has 1 aromatic rings. The maximum absolute atomic E-state index is 12.9. The van der Waals surface area contributed by atoms with E-state index in [9.17, 15) is 8.78 Å². The molecule has 0 heterocycles. The van der Waals surface area contributed by atoms with Gasteiger partial charge in [-0.3, -0.25) is 0 Å². The van der Waals surface area contributed by atoms with Gasteiger partial charge in [-0.25, -0.2) is 8.78 Å². The van der Waals surface area contributed by atoms with Crippen molar-refractivity contribution in [3.8, 4) is 0 Å². The summed E-state index contributed by atoms with van der Waals surface area (Å²) in [6, 6.07) is 3.44. The molecule has 0 aliphatic heterocycles. The van der Waals surface area contributed by atoms with Crippen LogP contribution in [-0.4, -0.2) is 6.54 Å². The lowest BCUT2D eigenvalue weighted by atomic mass is 10.1. The molecule has 1 nitrogen and oxygen atoms in total. The van der Waals surface area contributed by atoms with E-state index in [-0.39, 0.29) is 6.04 Å². The van der Waals surface area contributed by atoms with Gasteiger partial charge in [-0.1, -0.05) is 12.2 Å². The SMILES string of the molecule is C=C(C)CNC(C)c1cc(F)cc(F)c1. The Labute approximate surface area is 88.8 Å². The second-order valence-electron chi connectivity index (χ2n) is 3.76. The Morgan fingerprint density at radius 3 is 2.33 bits per heavy atom. The average molecular weight is 211 g/mol. The van der Waals surface area contributed by atoms with Gasteiger partial charge in [0.1, 0.15) is 11.6 Å². The summed E-state index contributed by atoms with van der Waals surface area (Å²) < 4.78 is 25.8. The third-order valence-corrected chi connectivity index (χ3v) is 2.09. The van der Waals surface area contributed by atoms with E-state index >= 15 is 0 Å². The third-order valence-electron chi connectivity index (χ3n) is 2.09. The van der Waals surface area contributed by atoms with Crippen LogP contribution >= 0.6 is 0 Å². The molecular formula is C12H15F2N. The molecule has 0 bridgehead atoms. The van der Waals surface area contributed by atoms with Gasteiger partial charge in [0, 0.05) is 18.7 Å². The molecule has 0 fully saturated rings. The number of hydrogen-bond donors (Lipinski definition) is 1. The van der Waals surface area contributed by atoms with Gasteiger partial charge in [-0.2, -0.15) is 0 Å². The molecule has 0 radical (unpaired) electrons. The molecule has 0 amide bonds. The van der Waals surface area contributed by atoms with Crippen molar-refractivity contribution < 1.29 is 8.78 Å². The first-order valence-electron chi connectivity index (χ1n) is 4.83. The molecule has 0 spiro atoms. The van der Waals surface area contributed by atoms with Crippen LogP contribution in [0, 0.1) is 11.6 Å². The normalized spacial score (nSPS) is 12.5. The fourth-order valence-corrected chi connectivity index (χ4v) is 1.27. The Bertz CT molecular complexity index is 340. The van der Waals surface area contributed by atoms with Crippen LogP contribution < -0.4 is 5.32 Å². The molecule has 1 N–H and O–H groups in total. The molecule has 1 rings (SSSR count). The van der Waals surface area contributed by atoms with Crippen LogP contribution in [0.1, 0.15) is 25.5 Å². The van der Waals surface area contributed by atoms with Crippen LogP contribution in [0.5, 0.6) is 0 Å². The fourth-order valence-electron chi connectivity index (χ4n) is 1.27. The molecule has 1 unspecified atom stereocenters. The second-order valence-corrected chi connectivity index (χ2v) is 3.76. The highest BCUT2D eigenvalue weighted by Crippen LogP contribution is 2.15. The molecular weight excluding hydrogens is 196 g/mol. The zero-order valence-corrected chi connectivity index (χ0v) is 8.98. The van der Waals surface area contributed by atoms with Crippen LogP contribution in [0.3, 0.4) is 0 Å². The smallest absolute Gasteiger partial charge is 0.126 e. The minimum atomic E-state index is -0.547. The Morgan fingerprint density at radius 1 is 1.33 bits per heavy atom. The Morgan fingerprint density at radius 2 is 1.87 bits per heavy atom. The van der Waals surface area contributed by atoms with Gasteiger partial charge in [0.15, 0.2) is 0 Å². The van der Waals surface area contributed by atoms with Gasteiger partial charge in [-0.05, 0) is 31.5 Å². The fraction of sp³-hybridized carbons (Fsp3) is 0.333. The van der Waals surface area contributed by atoms with Crippen molar-refractivity contribution in [2.45, 2.75) is 19.9 Å². The Kier molecular flexibility index (Phi) is 3.97. The summed E-state index contributed by atoms with van der Waals surface area (Å²) >= 11 is 0. The van der Waals surface area contributed by atoms with Crippen molar-refractivity contribution >= 4 is 0 Å². The Balaban J connectivity index is 2.72. The zero-order chi connectivity index (χ0) is 11.4. The molecule has 0 aromatic heterocycles. The maximum Gasteiger partial charge on any atom is 0.126 e. The number of halogens is 2. The van der Waals surface area contributed by atoms with Crippen molar-refractivity contribution in [2.24, 2.45) is 0 Å². The first-order chi connectivity index (χ1) is 6.99. The number of benzene rings is 1. The van der Waals surface area contributed by atoms with E-state index in [4.69, 9.17) is 0 Å². The standard InChI is InChI=1S/C12H15F2N/c1-8(2)7-15-9(3)10-4-11(13)6-12(14)5-10/h4-6,9,15H,1,7H2,2-3H3. The lowest BCUT2D eigenvalue weighted by molar-refractivity contribution is 0.558. The van der Waals surface area contributed by atoms with Crippen molar-refractivity contribution in [1.82, 2.24) is 5.32 Å². The molecule has 82 valence electrons. The van der Waals surface area contributed by atoms with Crippen LogP contribution in [0.2, 0.25) is 0 Å². The van der Waals surface area contributed by atoms with Gasteiger partial charge in [0.05, 0.1) is 0 Å². The maximum atomic E-state index is 12.9. The van der Waals surface area contributed by atoms with E-state index in [0.717, 1.165) is 11.6 Å². The average Bonchev–Trinajstić information content (AvgIpc) is 2.12. The first-order valence-corrected chi connectivity index (χ1v) is 4.83. The summed E-state index contributed by atoms with van der Waals surface area (Å²) in [6.07, 6.45) is 0. The predicted molar refractivity (Wildman–Crippen MR) is 57.6 cm³/mol. The largest absolute Gasteiger partial charge is 0.306 e. The van der Waals surface area contributed by atoms with Gasteiger partial charge >= 0.3 is 0 Å². The Hall–Kier alpha value is -1.22. The molecule has 3 heteroatoms. The minimum absolute atomic E-state index is 0.0908. The highest BCUT2D eigenvalue weighted by atomic mass is 19.1. The van der Waals surface area contributed by atoms with Crippen LogP contribution in [-0.2, 0) is 0 Å². The molecule has 0 saturated heterocycles. The van der Waals surface area contributed by atoms with Crippen LogP contribution in [0.15, 0.2) is 30.4 Å². The first kappa shape index (κ1) is 11.9. The van der Waals surface area contributed by atoms with E-state index in [1.54, 1.807) is 0 Å². The summed E-state index contributed by atoms with van der Waals surface area (Å²) in [4.78, 5) is 0. The molecule has 0 saturated carbocycles. The molecule has 15 heavy (non-hydrogen) atoms. The lowest BCUT2D eigenvalue weighted by Gasteiger charge is -2.14. The van der Waals surface area contributed by atoms with Gasteiger partial charge in [0.25, 0.3) is 0 Å². The van der Waals surface area contributed by atoms with Crippen LogP contribution in [0.25, 0.3) is 0 Å². The minimum Gasteiger partial charge on any atom is -0.306 e. The van der Waals surface area contributed by atoms with Crippen molar-refractivity contribution in [1.29, 1.82) is 0 Å². The summed E-state index contributed by atoms with van der Waals surface area (Å²) in [7, 11) is 0. The number of rotatable bonds is 4. The summed E-state index contributed by atoms with van der Waals surface area (Å²) in [5.74, 6) is -1.09. The van der Waals surface area contributed by atoms with E-state index < -0.39 is 11.6 Å². The van der Waals surface area contributed by atoms with E-state index in [1.807, 2.05) is 13.8 Å². The molecule has 0 aliphatic rings.